The number of hydrogen-bond acceptors (Lipinski definition) is 4. The molecule has 1 aromatic rings. The van der Waals surface area contributed by atoms with E-state index in [-0.39, 0.29) is 6.04 Å². The Morgan fingerprint density at radius 1 is 1.41 bits per heavy atom. The molecule has 0 bridgehead atoms. The standard InChI is InChI=1S/C12H20N2O2S/c1-4-9(2)12(14-13)10-6-5-7-11(8-10)17(3,15)16/h5-9,12,14H,4,13H2,1-3H3. The fourth-order valence-corrected chi connectivity index (χ4v) is 2.44. The van der Waals surface area contributed by atoms with Crippen LogP contribution in [0.25, 0.3) is 0 Å². The van der Waals surface area contributed by atoms with Crippen LogP contribution in [0.4, 0.5) is 0 Å². The molecule has 96 valence electrons. The first-order chi connectivity index (χ1) is 7.90. The second-order valence-corrected chi connectivity index (χ2v) is 6.39. The average molecular weight is 256 g/mol. The number of hydrazine groups is 1. The van der Waals surface area contributed by atoms with Gasteiger partial charge in [-0.3, -0.25) is 11.3 Å². The van der Waals surface area contributed by atoms with E-state index in [4.69, 9.17) is 5.84 Å². The van der Waals surface area contributed by atoms with Crippen molar-refractivity contribution in [2.24, 2.45) is 11.8 Å². The van der Waals surface area contributed by atoms with Gasteiger partial charge < -0.3 is 0 Å². The lowest BCUT2D eigenvalue weighted by Crippen LogP contribution is -2.32. The maximum Gasteiger partial charge on any atom is 0.175 e. The minimum atomic E-state index is -3.17. The molecule has 17 heavy (non-hydrogen) atoms. The van der Waals surface area contributed by atoms with Gasteiger partial charge in [-0.25, -0.2) is 8.42 Å². The number of sulfone groups is 1. The van der Waals surface area contributed by atoms with Gasteiger partial charge in [0.05, 0.1) is 4.90 Å². The molecule has 0 spiro atoms. The summed E-state index contributed by atoms with van der Waals surface area (Å²) in [6.45, 7) is 4.16. The van der Waals surface area contributed by atoms with E-state index in [1.807, 2.05) is 6.07 Å². The molecule has 1 aromatic carbocycles. The highest BCUT2D eigenvalue weighted by Crippen LogP contribution is 2.25. The summed E-state index contributed by atoms with van der Waals surface area (Å²) in [6.07, 6.45) is 2.18. The average Bonchev–Trinajstić information content (AvgIpc) is 2.29. The molecule has 0 saturated heterocycles. The predicted molar refractivity (Wildman–Crippen MR) is 69.1 cm³/mol. The number of nitrogens with two attached hydrogens (primary N) is 1. The lowest BCUT2D eigenvalue weighted by molar-refractivity contribution is 0.382. The van der Waals surface area contributed by atoms with Crippen molar-refractivity contribution in [1.29, 1.82) is 0 Å². The first-order valence-corrected chi connectivity index (χ1v) is 7.55. The molecule has 0 heterocycles. The Bertz CT molecular complexity index is 471. The van der Waals surface area contributed by atoms with E-state index in [2.05, 4.69) is 19.3 Å². The Balaban J connectivity index is 3.14. The van der Waals surface area contributed by atoms with E-state index in [0.717, 1.165) is 12.0 Å². The molecule has 0 amide bonds. The van der Waals surface area contributed by atoms with Crippen LogP contribution in [0, 0.1) is 5.92 Å². The molecule has 0 aliphatic rings. The zero-order valence-corrected chi connectivity index (χ0v) is 11.3. The highest BCUT2D eigenvalue weighted by molar-refractivity contribution is 7.90. The van der Waals surface area contributed by atoms with Crippen LogP contribution < -0.4 is 11.3 Å². The van der Waals surface area contributed by atoms with Gasteiger partial charge in [0.15, 0.2) is 9.84 Å². The molecule has 0 radical (unpaired) electrons. The molecule has 1 rings (SSSR count). The van der Waals surface area contributed by atoms with Gasteiger partial charge in [-0.15, -0.1) is 0 Å². The fourth-order valence-electron chi connectivity index (χ4n) is 1.76. The summed E-state index contributed by atoms with van der Waals surface area (Å²) in [7, 11) is -3.17. The summed E-state index contributed by atoms with van der Waals surface area (Å²) in [5, 5.41) is 0. The van der Waals surface area contributed by atoms with Gasteiger partial charge >= 0.3 is 0 Å². The maximum atomic E-state index is 11.5. The van der Waals surface area contributed by atoms with Gasteiger partial charge in [0.1, 0.15) is 0 Å². The zero-order chi connectivity index (χ0) is 13.1. The molecule has 0 aromatic heterocycles. The van der Waals surface area contributed by atoms with Gasteiger partial charge in [0.25, 0.3) is 0 Å². The van der Waals surface area contributed by atoms with Crippen LogP contribution in [0.1, 0.15) is 31.9 Å². The lowest BCUT2D eigenvalue weighted by Gasteiger charge is -2.22. The third kappa shape index (κ3) is 3.52. The first-order valence-electron chi connectivity index (χ1n) is 5.66. The molecule has 5 heteroatoms. The third-order valence-electron chi connectivity index (χ3n) is 3.04. The van der Waals surface area contributed by atoms with E-state index in [1.165, 1.54) is 6.26 Å². The third-order valence-corrected chi connectivity index (χ3v) is 4.15. The summed E-state index contributed by atoms with van der Waals surface area (Å²) in [5.41, 5.74) is 3.66. The van der Waals surface area contributed by atoms with Gasteiger partial charge in [-0.1, -0.05) is 32.4 Å². The Hall–Kier alpha value is -0.910. The minimum absolute atomic E-state index is 0.0262. The van der Waals surface area contributed by atoms with Crippen LogP contribution in [-0.4, -0.2) is 14.7 Å². The topological polar surface area (TPSA) is 72.2 Å². The van der Waals surface area contributed by atoms with Crippen molar-refractivity contribution in [2.45, 2.75) is 31.2 Å². The van der Waals surface area contributed by atoms with E-state index < -0.39 is 9.84 Å². The number of rotatable bonds is 5. The zero-order valence-electron chi connectivity index (χ0n) is 10.5. The highest BCUT2D eigenvalue weighted by atomic mass is 32.2. The second-order valence-electron chi connectivity index (χ2n) is 4.37. The highest BCUT2D eigenvalue weighted by Gasteiger charge is 2.18. The monoisotopic (exact) mass is 256 g/mol. The van der Waals surface area contributed by atoms with E-state index >= 15 is 0 Å². The van der Waals surface area contributed by atoms with Crippen molar-refractivity contribution < 1.29 is 8.42 Å². The Morgan fingerprint density at radius 3 is 2.53 bits per heavy atom. The van der Waals surface area contributed by atoms with Crippen molar-refractivity contribution >= 4 is 9.84 Å². The van der Waals surface area contributed by atoms with Crippen LogP contribution >= 0.6 is 0 Å². The number of hydrogen-bond donors (Lipinski definition) is 2. The second kappa shape index (κ2) is 5.62. The van der Waals surface area contributed by atoms with Crippen molar-refractivity contribution in [1.82, 2.24) is 5.43 Å². The summed E-state index contributed by atoms with van der Waals surface area (Å²) < 4.78 is 23.0. The van der Waals surface area contributed by atoms with Gasteiger partial charge in [0, 0.05) is 12.3 Å². The molecule has 0 aliphatic carbocycles. The summed E-state index contributed by atoms with van der Waals surface area (Å²) in [6, 6.07) is 6.90. The normalized spacial score (nSPS) is 15.5. The Kier molecular flexibility index (Phi) is 4.68. The van der Waals surface area contributed by atoms with Crippen LogP contribution in [0.15, 0.2) is 29.2 Å². The number of benzene rings is 1. The van der Waals surface area contributed by atoms with Crippen molar-refractivity contribution in [3.8, 4) is 0 Å². The van der Waals surface area contributed by atoms with Gasteiger partial charge in [-0.2, -0.15) is 0 Å². The van der Waals surface area contributed by atoms with Crippen LogP contribution in [0.3, 0.4) is 0 Å². The molecule has 2 atom stereocenters. The summed E-state index contributed by atoms with van der Waals surface area (Å²) in [5.74, 6) is 5.88. The van der Waals surface area contributed by atoms with Crippen molar-refractivity contribution in [3.05, 3.63) is 29.8 Å². The van der Waals surface area contributed by atoms with E-state index in [9.17, 15) is 8.42 Å². The summed E-state index contributed by atoms with van der Waals surface area (Å²) in [4.78, 5) is 0.332. The van der Waals surface area contributed by atoms with Gasteiger partial charge in [0.2, 0.25) is 0 Å². The Labute approximate surface area is 103 Å². The quantitative estimate of drug-likeness (QED) is 0.620. The molecule has 4 nitrogen and oxygen atoms in total. The van der Waals surface area contributed by atoms with E-state index in [1.54, 1.807) is 18.2 Å². The first kappa shape index (κ1) is 14.2. The van der Waals surface area contributed by atoms with Crippen molar-refractivity contribution in [2.75, 3.05) is 6.26 Å². The van der Waals surface area contributed by atoms with Crippen LogP contribution in [0.2, 0.25) is 0 Å². The maximum absolute atomic E-state index is 11.5. The molecule has 0 aliphatic heterocycles. The SMILES string of the molecule is CCC(C)C(NN)c1cccc(S(C)(=O)=O)c1. The van der Waals surface area contributed by atoms with Gasteiger partial charge in [-0.05, 0) is 23.6 Å². The Morgan fingerprint density at radius 2 is 2.06 bits per heavy atom. The van der Waals surface area contributed by atoms with E-state index in [0.29, 0.717) is 10.8 Å². The molecule has 0 saturated carbocycles. The molecule has 2 unspecified atom stereocenters. The molecule has 0 fully saturated rings. The molecular weight excluding hydrogens is 236 g/mol. The predicted octanol–water partition coefficient (Wildman–Crippen LogP) is 1.64. The lowest BCUT2D eigenvalue weighted by atomic mass is 9.93. The van der Waals surface area contributed by atoms with Crippen molar-refractivity contribution in [3.63, 3.8) is 0 Å². The van der Waals surface area contributed by atoms with Crippen LogP contribution in [0.5, 0.6) is 0 Å². The van der Waals surface area contributed by atoms with Crippen LogP contribution in [-0.2, 0) is 9.84 Å². The molecule has 3 N–H and O–H groups in total. The minimum Gasteiger partial charge on any atom is -0.271 e. The summed E-state index contributed by atoms with van der Waals surface area (Å²) >= 11 is 0. The largest absolute Gasteiger partial charge is 0.271 e. The fraction of sp³-hybridized carbons (Fsp3) is 0.500. The smallest absolute Gasteiger partial charge is 0.175 e. The number of nitrogens with one attached hydrogen (secondary N) is 1. The molecular formula is C12H20N2O2S.